The molecule has 1 aliphatic heterocycles. The summed E-state index contributed by atoms with van der Waals surface area (Å²) in [5.41, 5.74) is 0. The maximum Gasteiger partial charge on any atom is 0.323 e. The molecule has 1 saturated heterocycles. The molecule has 0 radical (unpaired) electrons. The van der Waals surface area contributed by atoms with E-state index in [-0.39, 0.29) is 19.6 Å². The van der Waals surface area contributed by atoms with Gasteiger partial charge in [0.2, 0.25) is 0 Å². The van der Waals surface area contributed by atoms with Crippen molar-refractivity contribution in [2.45, 2.75) is 31.7 Å². The van der Waals surface area contributed by atoms with Gasteiger partial charge in [0, 0.05) is 19.4 Å². The predicted molar refractivity (Wildman–Crippen MR) is 42.6 cm³/mol. The molecule has 1 aliphatic rings. The Morgan fingerprint density at radius 3 is 2.92 bits per heavy atom. The molecule has 0 amide bonds. The molecule has 1 fully saturated rings. The summed E-state index contributed by atoms with van der Waals surface area (Å²) >= 11 is 0. The fourth-order valence-electron chi connectivity index (χ4n) is 1.31. The highest BCUT2D eigenvalue weighted by Crippen LogP contribution is 2.27. The molecule has 13 heavy (non-hydrogen) atoms. The lowest BCUT2D eigenvalue weighted by Gasteiger charge is -2.28. The van der Waals surface area contributed by atoms with Crippen LogP contribution in [0.25, 0.3) is 0 Å². The normalized spacial score (nSPS) is 26.8. The summed E-state index contributed by atoms with van der Waals surface area (Å²) < 4.78 is 30.3. The van der Waals surface area contributed by atoms with Gasteiger partial charge in [-0.3, -0.25) is 4.79 Å². The summed E-state index contributed by atoms with van der Waals surface area (Å²) in [6.45, 7) is 2.04. The number of esters is 1. The van der Waals surface area contributed by atoms with E-state index in [1.54, 1.807) is 6.92 Å². The fourth-order valence-corrected chi connectivity index (χ4v) is 1.31. The third-order valence-electron chi connectivity index (χ3n) is 1.96. The highest BCUT2D eigenvalue weighted by atomic mass is 19.3. The molecule has 0 saturated carbocycles. The van der Waals surface area contributed by atoms with E-state index >= 15 is 0 Å². The van der Waals surface area contributed by atoms with E-state index in [0.717, 1.165) is 0 Å². The monoisotopic (exact) mass is 193 g/mol. The lowest BCUT2D eigenvalue weighted by atomic mass is 10.0. The molecule has 1 N–H and O–H groups in total. The molecule has 1 unspecified atom stereocenters. The van der Waals surface area contributed by atoms with Gasteiger partial charge in [0.25, 0.3) is 5.92 Å². The van der Waals surface area contributed by atoms with Crippen LogP contribution in [0.1, 0.15) is 19.8 Å². The number of carbonyl (C=O) groups is 1. The van der Waals surface area contributed by atoms with E-state index in [4.69, 9.17) is 0 Å². The van der Waals surface area contributed by atoms with Gasteiger partial charge in [-0.15, -0.1) is 0 Å². The Hall–Kier alpha value is -0.710. The van der Waals surface area contributed by atoms with Crippen molar-refractivity contribution in [2.75, 3.05) is 13.2 Å². The predicted octanol–water partition coefficient (Wildman–Crippen LogP) is 0.937. The molecule has 0 aromatic rings. The van der Waals surface area contributed by atoms with E-state index in [2.05, 4.69) is 10.1 Å². The number of ether oxygens (including phenoxy) is 1. The van der Waals surface area contributed by atoms with Gasteiger partial charge in [-0.05, 0) is 6.92 Å². The summed E-state index contributed by atoms with van der Waals surface area (Å²) in [7, 11) is 0. The molecule has 0 aliphatic carbocycles. The van der Waals surface area contributed by atoms with Crippen LogP contribution in [0.2, 0.25) is 0 Å². The van der Waals surface area contributed by atoms with Crippen molar-refractivity contribution in [2.24, 2.45) is 0 Å². The zero-order chi connectivity index (χ0) is 9.90. The van der Waals surface area contributed by atoms with Crippen LogP contribution in [0.4, 0.5) is 8.78 Å². The quantitative estimate of drug-likeness (QED) is 0.663. The Balaban J connectivity index is 2.47. The number of hydrogen-bond donors (Lipinski definition) is 1. The molecule has 3 nitrogen and oxygen atoms in total. The second kappa shape index (κ2) is 4.00. The lowest BCUT2D eigenvalue weighted by molar-refractivity contribution is -0.150. The Morgan fingerprint density at radius 2 is 2.38 bits per heavy atom. The maximum atomic E-state index is 12.8. The number of piperidine rings is 1. The molecule has 0 bridgehead atoms. The molecule has 1 atom stereocenters. The van der Waals surface area contributed by atoms with Crippen LogP contribution < -0.4 is 5.32 Å². The van der Waals surface area contributed by atoms with Gasteiger partial charge < -0.3 is 10.1 Å². The molecule has 1 heterocycles. The van der Waals surface area contributed by atoms with Crippen molar-refractivity contribution in [3.05, 3.63) is 0 Å². The minimum atomic E-state index is -2.73. The molecule has 1 rings (SSSR count). The van der Waals surface area contributed by atoms with Crippen molar-refractivity contribution < 1.29 is 18.3 Å². The number of carbonyl (C=O) groups excluding carboxylic acids is 1. The smallest absolute Gasteiger partial charge is 0.323 e. The van der Waals surface area contributed by atoms with Gasteiger partial charge in [-0.2, -0.15) is 0 Å². The Kier molecular flexibility index (Phi) is 3.19. The van der Waals surface area contributed by atoms with Crippen molar-refractivity contribution in [3.63, 3.8) is 0 Å². The zero-order valence-electron chi connectivity index (χ0n) is 7.48. The van der Waals surface area contributed by atoms with Crippen LogP contribution in [0.3, 0.4) is 0 Å². The summed E-state index contributed by atoms with van der Waals surface area (Å²) in [4.78, 5) is 11.1. The Bertz CT molecular complexity index is 197. The minimum absolute atomic E-state index is 0.163. The van der Waals surface area contributed by atoms with Crippen LogP contribution >= 0.6 is 0 Å². The van der Waals surface area contributed by atoms with Crippen molar-refractivity contribution in [1.29, 1.82) is 0 Å². The molecule has 5 heteroatoms. The van der Waals surface area contributed by atoms with E-state index < -0.39 is 24.4 Å². The molecular weight excluding hydrogens is 180 g/mol. The van der Waals surface area contributed by atoms with Crippen molar-refractivity contribution in [1.82, 2.24) is 5.32 Å². The average Bonchev–Trinajstić information content (AvgIpc) is 2.03. The van der Waals surface area contributed by atoms with Crippen LogP contribution in [0.5, 0.6) is 0 Å². The SMILES string of the molecule is CCOC(=O)C1CC(F)(F)CCN1. The second-order valence-corrected chi connectivity index (χ2v) is 3.07. The van der Waals surface area contributed by atoms with E-state index in [9.17, 15) is 13.6 Å². The van der Waals surface area contributed by atoms with E-state index in [1.807, 2.05) is 0 Å². The molecule has 0 aromatic carbocycles. The molecule has 76 valence electrons. The highest BCUT2D eigenvalue weighted by Gasteiger charge is 2.39. The van der Waals surface area contributed by atoms with Crippen LogP contribution in [-0.2, 0) is 9.53 Å². The molecule has 0 spiro atoms. The number of hydrogen-bond acceptors (Lipinski definition) is 3. The van der Waals surface area contributed by atoms with Crippen molar-refractivity contribution >= 4 is 5.97 Å². The highest BCUT2D eigenvalue weighted by molar-refractivity contribution is 5.76. The number of halogens is 2. The first-order valence-electron chi connectivity index (χ1n) is 4.33. The van der Waals surface area contributed by atoms with Gasteiger partial charge in [0.15, 0.2) is 0 Å². The van der Waals surface area contributed by atoms with Gasteiger partial charge >= 0.3 is 5.97 Å². The van der Waals surface area contributed by atoms with Gasteiger partial charge in [0.05, 0.1) is 6.61 Å². The standard InChI is InChI=1S/C8H13F2NO2/c1-2-13-7(12)6-5-8(9,10)3-4-11-6/h6,11H,2-5H2,1H3. The fraction of sp³-hybridized carbons (Fsp3) is 0.875. The third kappa shape index (κ3) is 2.91. The summed E-state index contributed by atoms with van der Waals surface area (Å²) in [6, 6.07) is -0.844. The second-order valence-electron chi connectivity index (χ2n) is 3.07. The lowest BCUT2D eigenvalue weighted by Crippen LogP contribution is -2.48. The van der Waals surface area contributed by atoms with Crippen LogP contribution in [0, 0.1) is 0 Å². The molecule has 0 aromatic heterocycles. The van der Waals surface area contributed by atoms with Crippen LogP contribution in [0.15, 0.2) is 0 Å². The summed E-state index contributed by atoms with van der Waals surface area (Å²) in [5, 5.41) is 2.70. The first-order valence-corrected chi connectivity index (χ1v) is 4.33. The third-order valence-corrected chi connectivity index (χ3v) is 1.96. The first-order chi connectivity index (χ1) is 6.05. The number of alkyl halides is 2. The van der Waals surface area contributed by atoms with Crippen LogP contribution in [-0.4, -0.2) is 31.1 Å². The number of nitrogens with one attached hydrogen (secondary N) is 1. The van der Waals surface area contributed by atoms with E-state index in [0.29, 0.717) is 0 Å². The summed E-state index contributed by atoms with van der Waals surface area (Å²) in [6.07, 6.45) is -0.658. The maximum absolute atomic E-state index is 12.8. The first kappa shape index (κ1) is 10.4. The minimum Gasteiger partial charge on any atom is -0.465 e. The number of rotatable bonds is 2. The van der Waals surface area contributed by atoms with Gasteiger partial charge in [-0.25, -0.2) is 8.78 Å². The van der Waals surface area contributed by atoms with Crippen molar-refractivity contribution in [3.8, 4) is 0 Å². The van der Waals surface area contributed by atoms with Gasteiger partial charge in [0.1, 0.15) is 6.04 Å². The molecular formula is C8H13F2NO2. The Morgan fingerprint density at radius 1 is 1.69 bits per heavy atom. The average molecular weight is 193 g/mol. The Labute approximate surface area is 75.4 Å². The largest absolute Gasteiger partial charge is 0.465 e. The van der Waals surface area contributed by atoms with E-state index in [1.165, 1.54) is 0 Å². The topological polar surface area (TPSA) is 38.3 Å². The van der Waals surface area contributed by atoms with Gasteiger partial charge in [-0.1, -0.05) is 0 Å². The zero-order valence-corrected chi connectivity index (χ0v) is 7.48. The summed E-state index contributed by atoms with van der Waals surface area (Å²) in [5.74, 6) is -3.32.